The van der Waals surface area contributed by atoms with Crippen LogP contribution in [-0.4, -0.2) is 10.2 Å². The van der Waals surface area contributed by atoms with E-state index in [-0.39, 0.29) is 5.41 Å². The van der Waals surface area contributed by atoms with Gasteiger partial charge in [-0.2, -0.15) is 0 Å². The number of hydrogen-bond acceptors (Lipinski definition) is 2. The second-order valence-corrected chi connectivity index (χ2v) is 7.13. The first-order valence-corrected chi connectivity index (χ1v) is 7.71. The van der Waals surface area contributed by atoms with Gasteiger partial charge in [-0.1, -0.05) is 49.2 Å². The first-order valence-electron chi connectivity index (χ1n) is 7.71. The first-order chi connectivity index (χ1) is 10.1. The maximum atomic E-state index is 10.5. The molecule has 22 heavy (non-hydrogen) atoms. The Hall–Kier alpha value is -1.96. The molecule has 2 aromatic carbocycles. The fourth-order valence-corrected chi connectivity index (χ4v) is 3.23. The highest BCUT2D eigenvalue weighted by Crippen LogP contribution is 2.38. The van der Waals surface area contributed by atoms with Crippen molar-refractivity contribution in [3.63, 3.8) is 0 Å². The molecule has 0 aliphatic rings. The molecule has 0 saturated heterocycles. The van der Waals surface area contributed by atoms with Gasteiger partial charge in [-0.05, 0) is 56.2 Å². The topological polar surface area (TPSA) is 40.5 Å². The lowest BCUT2D eigenvalue weighted by molar-refractivity contribution is 0.419. The highest BCUT2D eigenvalue weighted by Gasteiger charge is 2.27. The first kappa shape index (κ1) is 16.4. The summed E-state index contributed by atoms with van der Waals surface area (Å²) >= 11 is 0. The molecule has 0 unspecified atom stereocenters. The molecule has 0 amide bonds. The summed E-state index contributed by atoms with van der Waals surface area (Å²) in [4.78, 5) is 0. The van der Waals surface area contributed by atoms with E-state index in [1.165, 1.54) is 0 Å². The zero-order valence-electron chi connectivity index (χ0n) is 14.4. The van der Waals surface area contributed by atoms with Crippen LogP contribution in [0.2, 0.25) is 0 Å². The molecule has 2 nitrogen and oxygen atoms in total. The molecule has 2 aromatic rings. The Morgan fingerprint density at radius 3 is 1.86 bits per heavy atom. The largest absolute Gasteiger partial charge is 0.507 e. The van der Waals surface area contributed by atoms with Gasteiger partial charge in [0.2, 0.25) is 0 Å². The third-order valence-corrected chi connectivity index (χ3v) is 4.33. The maximum absolute atomic E-state index is 10.5. The molecule has 0 heterocycles. The number of phenols is 2. The van der Waals surface area contributed by atoms with E-state index in [0.717, 1.165) is 33.4 Å². The summed E-state index contributed by atoms with van der Waals surface area (Å²) in [5.41, 5.74) is 5.68. The van der Waals surface area contributed by atoms with Crippen LogP contribution >= 0.6 is 0 Å². The Bertz CT molecular complexity index is 712. The smallest absolute Gasteiger partial charge is 0.122 e. The van der Waals surface area contributed by atoms with Crippen LogP contribution in [0.25, 0.3) is 0 Å². The fourth-order valence-electron chi connectivity index (χ4n) is 3.23. The van der Waals surface area contributed by atoms with Crippen molar-refractivity contribution in [2.45, 2.75) is 53.4 Å². The molecule has 0 fully saturated rings. The van der Waals surface area contributed by atoms with Crippen LogP contribution in [0.5, 0.6) is 11.5 Å². The number of benzene rings is 2. The van der Waals surface area contributed by atoms with Crippen molar-refractivity contribution in [1.82, 2.24) is 0 Å². The van der Waals surface area contributed by atoms with E-state index in [1.54, 1.807) is 0 Å². The van der Waals surface area contributed by atoms with Crippen LogP contribution in [0.15, 0.2) is 24.3 Å². The second kappa shape index (κ2) is 5.68. The van der Waals surface area contributed by atoms with Crippen molar-refractivity contribution >= 4 is 0 Å². The standard InChI is InChI=1S/C20H26O2/c1-12-7-14(3)18(21)16(9-12)11-20(5,6)17-10-13(2)8-15(4)19(17)22/h7-10,21-22H,11H2,1-6H3. The molecule has 2 N–H and O–H groups in total. The summed E-state index contributed by atoms with van der Waals surface area (Å²) in [6, 6.07) is 8.05. The van der Waals surface area contributed by atoms with Crippen LogP contribution in [0, 0.1) is 27.7 Å². The van der Waals surface area contributed by atoms with Gasteiger partial charge in [0, 0.05) is 5.56 Å². The van der Waals surface area contributed by atoms with Gasteiger partial charge in [-0.15, -0.1) is 0 Å². The average Bonchev–Trinajstić information content (AvgIpc) is 2.39. The molecule has 0 spiro atoms. The highest BCUT2D eigenvalue weighted by atomic mass is 16.3. The molecule has 0 aliphatic heterocycles. The van der Waals surface area contributed by atoms with Crippen molar-refractivity contribution in [3.05, 3.63) is 57.6 Å². The summed E-state index contributed by atoms with van der Waals surface area (Å²) in [6.45, 7) is 12.1. The number of rotatable bonds is 3. The molecular weight excluding hydrogens is 272 g/mol. The predicted molar refractivity (Wildman–Crippen MR) is 91.9 cm³/mol. The van der Waals surface area contributed by atoms with Gasteiger partial charge in [0.15, 0.2) is 0 Å². The SMILES string of the molecule is Cc1cc(C)c(O)c(CC(C)(C)c2cc(C)cc(C)c2O)c1. The van der Waals surface area contributed by atoms with Crippen LogP contribution in [0.1, 0.15) is 47.2 Å². The van der Waals surface area contributed by atoms with Gasteiger partial charge in [-0.3, -0.25) is 0 Å². The average molecular weight is 298 g/mol. The molecule has 2 rings (SSSR count). The van der Waals surface area contributed by atoms with Gasteiger partial charge in [0.05, 0.1) is 0 Å². The van der Waals surface area contributed by atoms with Gasteiger partial charge >= 0.3 is 0 Å². The summed E-state index contributed by atoms with van der Waals surface area (Å²) in [5.74, 6) is 0.724. The Balaban J connectivity index is 2.49. The lowest BCUT2D eigenvalue weighted by atomic mass is 9.77. The summed E-state index contributed by atoms with van der Waals surface area (Å²) in [5, 5.41) is 20.8. The number of aryl methyl sites for hydroxylation is 4. The van der Waals surface area contributed by atoms with Gasteiger partial charge in [0.25, 0.3) is 0 Å². The summed E-state index contributed by atoms with van der Waals surface area (Å²) < 4.78 is 0. The third kappa shape index (κ3) is 3.11. The van der Waals surface area contributed by atoms with Crippen LogP contribution in [0.3, 0.4) is 0 Å². The van der Waals surface area contributed by atoms with E-state index >= 15 is 0 Å². The van der Waals surface area contributed by atoms with Crippen molar-refractivity contribution in [2.24, 2.45) is 0 Å². The molecule has 0 radical (unpaired) electrons. The van der Waals surface area contributed by atoms with Crippen molar-refractivity contribution in [1.29, 1.82) is 0 Å². The van der Waals surface area contributed by atoms with E-state index in [1.807, 2.05) is 52.0 Å². The molecule has 0 aliphatic carbocycles. The Kier molecular flexibility index (Phi) is 4.23. The molecule has 0 saturated carbocycles. The van der Waals surface area contributed by atoms with Gasteiger partial charge in [0.1, 0.15) is 11.5 Å². The fraction of sp³-hybridized carbons (Fsp3) is 0.400. The van der Waals surface area contributed by atoms with Crippen molar-refractivity contribution in [3.8, 4) is 11.5 Å². The number of phenolic OH excluding ortho intramolecular Hbond substituents is 2. The second-order valence-electron chi connectivity index (χ2n) is 7.13. The van der Waals surface area contributed by atoms with E-state index in [4.69, 9.17) is 0 Å². The van der Waals surface area contributed by atoms with Gasteiger partial charge in [-0.25, -0.2) is 0 Å². The van der Waals surface area contributed by atoms with E-state index in [2.05, 4.69) is 13.8 Å². The van der Waals surface area contributed by atoms with Crippen molar-refractivity contribution < 1.29 is 10.2 Å². The highest BCUT2D eigenvalue weighted by molar-refractivity contribution is 5.49. The van der Waals surface area contributed by atoms with Crippen molar-refractivity contribution in [2.75, 3.05) is 0 Å². The molecule has 0 bridgehead atoms. The van der Waals surface area contributed by atoms with Crippen LogP contribution < -0.4 is 0 Å². The van der Waals surface area contributed by atoms with Crippen LogP contribution in [-0.2, 0) is 11.8 Å². The molecule has 0 aromatic heterocycles. The molecule has 0 atom stereocenters. The van der Waals surface area contributed by atoms with Gasteiger partial charge < -0.3 is 10.2 Å². The monoisotopic (exact) mass is 298 g/mol. The molecular formula is C20H26O2. The quantitative estimate of drug-likeness (QED) is 0.850. The zero-order chi connectivity index (χ0) is 16.7. The number of aromatic hydroxyl groups is 2. The molecule has 2 heteroatoms. The number of hydrogen-bond donors (Lipinski definition) is 2. The normalized spacial score (nSPS) is 11.7. The third-order valence-electron chi connectivity index (χ3n) is 4.33. The Labute approximate surface area is 133 Å². The lowest BCUT2D eigenvalue weighted by Gasteiger charge is -2.28. The Morgan fingerprint density at radius 1 is 0.773 bits per heavy atom. The minimum atomic E-state index is -0.265. The predicted octanol–water partition coefficient (Wildman–Crippen LogP) is 4.85. The Morgan fingerprint density at radius 2 is 1.27 bits per heavy atom. The minimum Gasteiger partial charge on any atom is -0.507 e. The zero-order valence-corrected chi connectivity index (χ0v) is 14.4. The molecule has 118 valence electrons. The maximum Gasteiger partial charge on any atom is 0.122 e. The van der Waals surface area contributed by atoms with E-state index in [0.29, 0.717) is 17.9 Å². The van der Waals surface area contributed by atoms with E-state index in [9.17, 15) is 10.2 Å². The summed E-state index contributed by atoms with van der Waals surface area (Å²) in [6.07, 6.45) is 0.678. The minimum absolute atomic E-state index is 0.265. The summed E-state index contributed by atoms with van der Waals surface area (Å²) in [7, 11) is 0. The lowest BCUT2D eigenvalue weighted by Crippen LogP contribution is -2.21. The van der Waals surface area contributed by atoms with E-state index < -0.39 is 0 Å². The van der Waals surface area contributed by atoms with Crippen LogP contribution in [0.4, 0.5) is 0 Å².